The highest BCUT2D eigenvalue weighted by Crippen LogP contribution is 2.33. The Morgan fingerprint density at radius 2 is 1.91 bits per heavy atom. The van der Waals surface area contributed by atoms with Gasteiger partial charge in [-0.2, -0.15) is 5.10 Å². The van der Waals surface area contributed by atoms with E-state index in [1.165, 1.54) is 4.31 Å². The monoisotopic (exact) mass is 501 g/mol. The minimum absolute atomic E-state index is 0.117. The van der Waals surface area contributed by atoms with Crippen molar-refractivity contribution in [3.8, 4) is 0 Å². The number of benzene rings is 2. The SMILES string of the molecule is CCc1ccc(N(CC(C)C)S(=O)(=O)c2ccc3c(C(O)CO)nn(C4CCCCO4)c3c2)cc1. The number of hydrogen-bond acceptors (Lipinski definition) is 6. The molecule has 1 aromatic heterocycles. The van der Waals surface area contributed by atoms with Crippen LogP contribution in [0, 0.1) is 5.92 Å². The van der Waals surface area contributed by atoms with Crippen molar-refractivity contribution in [2.24, 2.45) is 5.92 Å². The molecule has 1 aliphatic rings. The topological polar surface area (TPSA) is 105 Å². The second-order valence-electron chi connectivity index (χ2n) is 9.48. The zero-order valence-corrected chi connectivity index (χ0v) is 21.4. The average Bonchev–Trinajstić information content (AvgIpc) is 3.26. The lowest BCUT2D eigenvalue weighted by Gasteiger charge is -2.27. The molecule has 0 saturated carbocycles. The maximum Gasteiger partial charge on any atom is 0.264 e. The molecule has 0 spiro atoms. The summed E-state index contributed by atoms with van der Waals surface area (Å²) >= 11 is 0. The zero-order chi connectivity index (χ0) is 25.2. The van der Waals surface area contributed by atoms with Crippen molar-refractivity contribution >= 4 is 26.6 Å². The Kier molecular flexibility index (Phi) is 7.80. The lowest BCUT2D eigenvalue weighted by atomic mass is 10.1. The fourth-order valence-corrected chi connectivity index (χ4v) is 6.12. The summed E-state index contributed by atoms with van der Waals surface area (Å²) < 4.78 is 36.9. The van der Waals surface area contributed by atoms with Gasteiger partial charge in [-0.05, 0) is 67.5 Å². The van der Waals surface area contributed by atoms with Crippen LogP contribution in [0.3, 0.4) is 0 Å². The van der Waals surface area contributed by atoms with E-state index >= 15 is 0 Å². The van der Waals surface area contributed by atoms with E-state index in [0.29, 0.717) is 35.4 Å². The Morgan fingerprint density at radius 3 is 2.51 bits per heavy atom. The summed E-state index contributed by atoms with van der Waals surface area (Å²) in [5.41, 5.74) is 2.64. The summed E-state index contributed by atoms with van der Waals surface area (Å²) in [6, 6.07) is 12.4. The standard InChI is InChI=1S/C26H35N3O5S/c1-4-19-8-10-20(11-9-19)28(16-18(2)3)35(32,33)21-12-13-22-23(15-21)29(25-7-5-6-14-34-25)27-26(22)24(31)17-30/h8-13,15,18,24-25,30-31H,4-7,14,16-17H2,1-3H3. The van der Waals surface area contributed by atoms with Crippen LogP contribution in [0.2, 0.25) is 0 Å². The highest BCUT2D eigenvalue weighted by Gasteiger charge is 2.29. The van der Waals surface area contributed by atoms with Crippen molar-refractivity contribution in [2.75, 3.05) is 24.1 Å². The third-order valence-corrected chi connectivity index (χ3v) is 8.17. The van der Waals surface area contributed by atoms with Crippen LogP contribution < -0.4 is 4.31 Å². The Balaban J connectivity index is 1.83. The van der Waals surface area contributed by atoms with Gasteiger partial charge in [-0.15, -0.1) is 0 Å². The van der Waals surface area contributed by atoms with Crippen LogP contribution in [0.1, 0.15) is 63.6 Å². The van der Waals surface area contributed by atoms with Crippen LogP contribution in [0.25, 0.3) is 10.9 Å². The molecule has 8 nitrogen and oxygen atoms in total. The summed E-state index contributed by atoms with van der Waals surface area (Å²) in [6.07, 6.45) is 2.03. The van der Waals surface area contributed by atoms with E-state index in [9.17, 15) is 18.6 Å². The van der Waals surface area contributed by atoms with Gasteiger partial charge in [0.25, 0.3) is 10.0 Å². The molecule has 1 fully saturated rings. The highest BCUT2D eigenvalue weighted by atomic mass is 32.2. The number of nitrogens with zero attached hydrogens (tertiary/aromatic N) is 3. The van der Waals surface area contributed by atoms with Crippen molar-refractivity contribution in [2.45, 2.75) is 63.7 Å². The first-order chi connectivity index (χ1) is 16.8. The molecule has 190 valence electrons. The molecule has 2 heterocycles. The van der Waals surface area contributed by atoms with Gasteiger partial charge < -0.3 is 14.9 Å². The number of anilines is 1. The van der Waals surface area contributed by atoms with Crippen LogP contribution in [0.15, 0.2) is 47.4 Å². The van der Waals surface area contributed by atoms with Gasteiger partial charge in [0.05, 0.1) is 22.7 Å². The normalized spacial score (nSPS) is 17.7. The first-order valence-electron chi connectivity index (χ1n) is 12.3. The third-order valence-electron chi connectivity index (χ3n) is 6.38. The summed E-state index contributed by atoms with van der Waals surface area (Å²) in [7, 11) is -3.88. The molecule has 3 aromatic rings. The number of aliphatic hydroxyl groups is 2. The third kappa shape index (κ3) is 5.23. The van der Waals surface area contributed by atoms with E-state index in [-0.39, 0.29) is 17.0 Å². The second-order valence-corrected chi connectivity index (χ2v) is 11.3. The maximum atomic E-state index is 13.9. The first kappa shape index (κ1) is 25.6. The minimum atomic E-state index is -3.88. The molecule has 2 aromatic carbocycles. The maximum absolute atomic E-state index is 13.9. The summed E-state index contributed by atoms with van der Waals surface area (Å²) in [4.78, 5) is 0.146. The lowest BCUT2D eigenvalue weighted by molar-refractivity contribution is -0.0375. The van der Waals surface area contributed by atoms with Crippen molar-refractivity contribution in [3.05, 3.63) is 53.7 Å². The van der Waals surface area contributed by atoms with Gasteiger partial charge in [-0.25, -0.2) is 13.1 Å². The van der Waals surface area contributed by atoms with Crippen LogP contribution >= 0.6 is 0 Å². The van der Waals surface area contributed by atoms with E-state index in [2.05, 4.69) is 12.0 Å². The van der Waals surface area contributed by atoms with Gasteiger partial charge >= 0.3 is 0 Å². The molecule has 4 rings (SSSR count). The lowest BCUT2D eigenvalue weighted by Crippen LogP contribution is -2.34. The van der Waals surface area contributed by atoms with E-state index in [1.54, 1.807) is 22.9 Å². The Hall–Kier alpha value is -2.46. The number of ether oxygens (including phenoxy) is 1. The van der Waals surface area contributed by atoms with Gasteiger partial charge in [0.15, 0.2) is 6.23 Å². The van der Waals surface area contributed by atoms with Crippen LogP contribution in [0.5, 0.6) is 0 Å². The van der Waals surface area contributed by atoms with Gasteiger partial charge in [-0.3, -0.25) is 4.31 Å². The van der Waals surface area contributed by atoms with Gasteiger partial charge in [0, 0.05) is 18.5 Å². The Bertz CT molecular complexity index is 1250. The predicted octanol–water partition coefficient (Wildman–Crippen LogP) is 4.17. The van der Waals surface area contributed by atoms with Crippen LogP contribution in [-0.2, 0) is 21.2 Å². The summed E-state index contributed by atoms with van der Waals surface area (Å²) in [5.74, 6) is 0.117. The van der Waals surface area contributed by atoms with E-state index in [1.807, 2.05) is 38.1 Å². The summed E-state index contributed by atoms with van der Waals surface area (Å²) in [6.45, 7) is 6.50. The fourth-order valence-electron chi connectivity index (χ4n) is 4.47. The molecular weight excluding hydrogens is 466 g/mol. The predicted molar refractivity (Wildman–Crippen MR) is 136 cm³/mol. The second kappa shape index (κ2) is 10.7. The van der Waals surface area contributed by atoms with Gasteiger partial charge in [0.2, 0.25) is 0 Å². The molecule has 1 saturated heterocycles. The Labute approximate surface area is 207 Å². The molecule has 0 amide bonds. The number of aromatic nitrogens is 2. The smallest absolute Gasteiger partial charge is 0.264 e. The van der Waals surface area contributed by atoms with Crippen LogP contribution in [-0.4, -0.2) is 48.2 Å². The largest absolute Gasteiger partial charge is 0.393 e. The molecule has 35 heavy (non-hydrogen) atoms. The van der Waals surface area contributed by atoms with Crippen LogP contribution in [0.4, 0.5) is 5.69 Å². The van der Waals surface area contributed by atoms with Crippen molar-refractivity contribution < 1.29 is 23.4 Å². The summed E-state index contributed by atoms with van der Waals surface area (Å²) in [5, 5.41) is 25.0. The number of aliphatic hydroxyl groups excluding tert-OH is 2. The minimum Gasteiger partial charge on any atom is -0.393 e. The number of rotatable bonds is 9. The van der Waals surface area contributed by atoms with E-state index in [0.717, 1.165) is 31.2 Å². The van der Waals surface area contributed by atoms with E-state index < -0.39 is 22.7 Å². The number of hydrogen-bond donors (Lipinski definition) is 2. The molecule has 9 heteroatoms. The quantitative estimate of drug-likeness (QED) is 0.456. The highest BCUT2D eigenvalue weighted by molar-refractivity contribution is 7.92. The van der Waals surface area contributed by atoms with Crippen molar-refractivity contribution in [1.29, 1.82) is 0 Å². The number of fused-ring (bicyclic) bond motifs is 1. The molecule has 2 unspecified atom stereocenters. The first-order valence-corrected chi connectivity index (χ1v) is 13.7. The van der Waals surface area contributed by atoms with Crippen molar-refractivity contribution in [1.82, 2.24) is 9.78 Å². The van der Waals surface area contributed by atoms with Gasteiger partial charge in [0.1, 0.15) is 11.8 Å². The van der Waals surface area contributed by atoms with Gasteiger partial charge in [-0.1, -0.05) is 32.9 Å². The molecule has 2 N–H and O–H groups in total. The molecule has 0 bridgehead atoms. The zero-order valence-electron chi connectivity index (χ0n) is 20.6. The fraction of sp³-hybridized carbons (Fsp3) is 0.500. The molecule has 0 radical (unpaired) electrons. The Morgan fingerprint density at radius 1 is 1.17 bits per heavy atom. The molecular formula is C26H35N3O5S. The van der Waals surface area contributed by atoms with Crippen molar-refractivity contribution in [3.63, 3.8) is 0 Å². The molecule has 0 aliphatic carbocycles. The molecule has 2 atom stereocenters. The number of aryl methyl sites for hydroxylation is 1. The van der Waals surface area contributed by atoms with E-state index in [4.69, 9.17) is 4.74 Å². The molecule has 1 aliphatic heterocycles. The average molecular weight is 502 g/mol. The number of sulfonamides is 1.